The number of carbonyl (C=O) groups excluding carboxylic acids is 1. The fourth-order valence-electron chi connectivity index (χ4n) is 8.43. The van der Waals surface area contributed by atoms with Crippen LogP contribution in [0.2, 0.25) is 0 Å². The zero-order valence-electron chi connectivity index (χ0n) is 36.0. The first-order valence-electron chi connectivity index (χ1n) is 22.3. The molecule has 7 rings (SSSR count). The van der Waals surface area contributed by atoms with Crippen molar-refractivity contribution < 1.29 is 9.53 Å². The van der Waals surface area contributed by atoms with E-state index in [1.165, 1.54) is 80.5 Å². The molecule has 1 aliphatic rings. The van der Waals surface area contributed by atoms with E-state index in [4.69, 9.17) is 4.74 Å². The minimum absolute atomic E-state index is 0.297. The molecule has 0 N–H and O–H groups in total. The van der Waals surface area contributed by atoms with Crippen LogP contribution in [-0.2, 0) is 35.2 Å². The van der Waals surface area contributed by atoms with Crippen molar-refractivity contribution in [1.29, 1.82) is 0 Å². The van der Waals surface area contributed by atoms with Crippen molar-refractivity contribution in [2.75, 3.05) is 9.80 Å². The topological polar surface area (TPSA) is 32.8 Å². The van der Waals surface area contributed by atoms with Crippen LogP contribution in [0.4, 0.5) is 34.1 Å². The molecule has 0 aromatic heterocycles. The van der Waals surface area contributed by atoms with Crippen LogP contribution in [0.15, 0.2) is 133 Å². The number of anilines is 6. The largest absolute Gasteiger partial charge is 0.453 e. The van der Waals surface area contributed by atoms with Gasteiger partial charge in [-0.15, -0.1) is 0 Å². The molecule has 0 aliphatic heterocycles. The van der Waals surface area contributed by atoms with Gasteiger partial charge in [0.2, 0.25) is 0 Å². The Morgan fingerprint density at radius 2 is 0.695 bits per heavy atom. The van der Waals surface area contributed by atoms with Gasteiger partial charge in [0.05, 0.1) is 0 Å². The molecule has 0 bridgehead atoms. The maximum atomic E-state index is 12.9. The van der Waals surface area contributed by atoms with Crippen molar-refractivity contribution in [3.8, 4) is 11.1 Å². The van der Waals surface area contributed by atoms with Gasteiger partial charge in [0.1, 0.15) is 0 Å². The standard InChI is InChI=1S/C55H62N2O2/c1-6-10-14-41-18-26-45(27-19-41)56(46-28-20-42(21-29-46)15-11-7-2)49-34-36-51-52-37-35-50(39-54(52)55(53(51)38-49)59-40(5)58)57(47-30-22-43(23-31-47)16-12-8-3)48-32-24-44(25-33-48)17-13-9-4/h18-39,55H,6-17H2,1-5H3. The molecule has 0 radical (unpaired) electrons. The molecule has 0 unspecified atom stereocenters. The lowest BCUT2D eigenvalue weighted by molar-refractivity contribution is -0.144. The van der Waals surface area contributed by atoms with Gasteiger partial charge in [-0.25, -0.2) is 0 Å². The maximum Gasteiger partial charge on any atom is 0.303 e. The second kappa shape index (κ2) is 19.9. The van der Waals surface area contributed by atoms with Gasteiger partial charge < -0.3 is 14.5 Å². The summed E-state index contributed by atoms with van der Waals surface area (Å²) < 4.78 is 6.29. The van der Waals surface area contributed by atoms with E-state index in [-0.39, 0.29) is 5.97 Å². The molecule has 4 nitrogen and oxygen atoms in total. The molecular formula is C55H62N2O2. The van der Waals surface area contributed by atoms with Crippen molar-refractivity contribution in [2.24, 2.45) is 0 Å². The number of fused-ring (bicyclic) bond motifs is 3. The molecule has 1 aliphatic carbocycles. The predicted molar refractivity (Wildman–Crippen MR) is 249 cm³/mol. The molecular weight excluding hydrogens is 721 g/mol. The van der Waals surface area contributed by atoms with E-state index < -0.39 is 6.10 Å². The highest BCUT2D eigenvalue weighted by molar-refractivity contribution is 5.87. The summed E-state index contributed by atoms with van der Waals surface area (Å²) in [4.78, 5) is 17.6. The smallest absolute Gasteiger partial charge is 0.303 e. The van der Waals surface area contributed by atoms with Gasteiger partial charge in [-0.3, -0.25) is 4.79 Å². The Hall–Kier alpha value is -5.61. The minimum Gasteiger partial charge on any atom is -0.453 e. The van der Waals surface area contributed by atoms with Gasteiger partial charge in [-0.1, -0.05) is 114 Å². The number of aryl methyl sites for hydroxylation is 4. The van der Waals surface area contributed by atoms with E-state index >= 15 is 0 Å². The van der Waals surface area contributed by atoms with Crippen molar-refractivity contribution >= 4 is 40.1 Å². The SMILES string of the molecule is CCCCc1ccc(N(c2ccc(CCCC)cc2)c2ccc3c(c2)C(OC(C)=O)c2cc(N(c4ccc(CCCC)cc4)c4ccc(CCCC)cc4)ccc2-3)cc1. The fourth-order valence-corrected chi connectivity index (χ4v) is 8.43. The van der Waals surface area contributed by atoms with Gasteiger partial charge in [-0.05, 0) is 158 Å². The van der Waals surface area contributed by atoms with E-state index in [0.717, 1.165) is 82.1 Å². The van der Waals surface area contributed by atoms with Crippen molar-refractivity contribution in [3.05, 3.63) is 167 Å². The fraction of sp³-hybridized carbons (Fsp3) is 0.327. The summed E-state index contributed by atoms with van der Waals surface area (Å²) in [6.07, 6.45) is 13.2. The quantitative estimate of drug-likeness (QED) is 0.0766. The highest BCUT2D eigenvalue weighted by Crippen LogP contribution is 2.50. The van der Waals surface area contributed by atoms with Gasteiger partial charge >= 0.3 is 5.97 Å². The monoisotopic (exact) mass is 782 g/mol. The van der Waals surface area contributed by atoms with Crippen LogP contribution < -0.4 is 9.80 Å². The van der Waals surface area contributed by atoms with Gasteiger partial charge in [0, 0.05) is 52.2 Å². The third kappa shape index (κ3) is 9.82. The molecule has 0 heterocycles. The van der Waals surface area contributed by atoms with Crippen LogP contribution in [-0.4, -0.2) is 5.97 Å². The minimum atomic E-state index is -0.540. The molecule has 0 atom stereocenters. The van der Waals surface area contributed by atoms with E-state index in [2.05, 4.69) is 171 Å². The summed E-state index contributed by atoms with van der Waals surface area (Å²) in [5.41, 5.74) is 16.1. The average molecular weight is 783 g/mol. The van der Waals surface area contributed by atoms with Crippen LogP contribution in [0.25, 0.3) is 11.1 Å². The first-order valence-corrected chi connectivity index (χ1v) is 22.3. The zero-order valence-corrected chi connectivity index (χ0v) is 36.0. The van der Waals surface area contributed by atoms with Crippen LogP contribution in [0.5, 0.6) is 0 Å². The zero-order chi connectivity index (χ0) is 41.1. The highest BCUT2D eigenvalue weighted by Gasteiger charge is 2.33. The lowest BCUT2D eigenvalue weighted by Crippen LogP contribution is -2.13. The van der Waals surface area contributed by atoms with Gasteiger partial charge in [0.15, 0.2) is 6.10 Å². The normalized spacial score (nSPS) is 11.9. The van der Waals surface area contributed by atoms with E-state index in [1.807, 2.05) is 0 Å². The van der Waals surface area contributed by atoms with Crippen LogP contribution in [0.3, 0.4) is 0 Å². The molecule has 4 heteroatoms. The summed E-state index contributed by atoms with van der Waals surface area (Å²) in [6, 6.07) is 49.4. The van der Waals surface area contributed by atoms with Crippen molar-refractivity contribution in [2.45, 2.75) is 118 Å². The number of nitrogens with zero attached hydrogens (tertiary/aromatic N) is 2. The predicted octanol–water partition coefficient (Wildman–Crippen LogP) is 15.6. The summed E-state index contributed by atoms with van der Waals surface area (Å²) in [5.74, 6) is -0.297. The Bertz CT molecular complexity index is 2010. The average Bonchev–Trinajstić information content (AvgIpc) is 3.56. The first kappa shape index (κ1) is 41.5. The third-order valence-corrected chi connectivity index (χ3v) is 11.8. The Balaban J connectivity index is 1.29. The molecule has 59 heavy (non-hydrogen) atoms. The Kier molecular flexibility index (Phi) is 14.0. The number of benzene rings is 6. The number of esters is 1. The number of unbranched alkanes of at least 4 members (excludes halogenated alkanes) is 4. The summed E-state index contributed by atoms with van der Waals surface area (Å²) in [7, 11) is 0. The molecule has 304 valence electrons. The van der Waals surface area contributed by atoms with Gasteiger partial charge in [-0.2, -0.15) is 0 Å². The van der Waals surface area contributed by atoms with Crippen LogP contribution in [0, 0.1) is 0 Å². The molecule has 6 aromatic carbocycles. The molecule has 0 saturated heterocycles. The number of rotatable bonds is 19. The van der Waals surface area contributed by atoms with Crippen molar-refractivity contribution in [3.63, 3.8) is 0 Å². The van der Waals surface area contributed by atoms with Crippen molar-refractivity contribution in [1.82, 2.24) is 0 Å². The molecule has 0 amide bonds. The second-order valence-electron chi connectivity index (χ2n) is 16.3. The first-order chi connectivity index (χ1) is 28.9. The molecule has 0 spiro atoms. The van der Waals surface area contributed by atoms with Crippen LogP contribution in [0.1, 0.15) is 125 Å². The number of ether oxygens (including phenoxy) is 1. The lowest BCUT2D eigenvalue weighted by Gasteiger charge is -2.27. The summed E-state index contributed by atoms with van der Waals surface area (Å²) in [6.45, 7) is 10.5. The number of hydrogen-bond acceptors (Lipinski definition) is 4. The second-order valence-corrected chi connectivity index (χ2v) is 16.3. The Morgan fingerprint density at radius 1 is 0.424 bits per heavy atom. The van der Waals surface area contributed by atoms with Crippen LogP contribution >= 0.6 is 0 Å². The van der Waals surface area contributed by atoms with E-state index in [0.29, 0.717) is 0 Å². The lowest BCUT2D eigenvalue weighted by atomic mass is 10.0. The number of hydrogen-bond donors (Lipinski definition) is 0. The number of carbonyl (C=O) groups is 1. The Morgan fingerprint density at radius 3 is 0.949 bits per heavy atom. The van der Waals surface area contributed by atoms with Gasteiger partial charge in [0.25, 0.3) is 0 Å². The molecule has 6 aromatic rings. The Labute approximate surface area is 353 Å². The highest BCUT2D eigenvalue weighted by atomic mass is 16.5. The molecule has 0 saturated carbocycles. The summed E-state index contributed by atoms with van der Waals surface area (Å²) in [5, 5.41) is 0. The van der Waals surface area contributed by atoms with E-state index in [1.54, 1.807) is 0 Å². The third-order valence-electron chi connectivity index (χ3n) is 11.8. The maximum absolute atomic E-state index is 12.9. The van der Waals surface area contributed by atoms with E-state index in [9.17, 15) is 4.79 Å². The summed E-state index contributed by atoms with van der Waals surface area (Å²) >= 11 is 0. The molecule has 0 fully saturated rings.